The van der Waals surface area contributed by atoms with Gasteiger partial charge in [-0.1, -0.05) is 116 Å². The molecule has 1 aliphatic heterocycles. The molecule has 1 aromatic rings. The quantitative estimate of drug-likeness (QED) is 0.0152. The molecule has 1 N–H and O–H groups in total. The van der Waals surface area contributed by atoms with E-state index in [9.17, 15) is 18.4 Å². The molecule has 1 aromatic heterocycles. The topological polar surface area (TPSA) is 184 Å². The smallest absolute Gasteiger partial charge is 0.352 e. The summed E-state index contributed by atoms with van der Waals surface area (Å²) in [6.07, 6.45) is 17.6. The van der Waals surface area contributed by atoms with E-state index in [2.05, 4.69) is 28.9 Å². The van der Waals surface area contributed by atoms with Crippen LogP contribution in [-0.4, -0.2) is 56.2 Å². The van der Waals surface area contributed by atoms with Crippen molar-refractivity contribution in [2.75, 3.05) is 19.0 Å². The number of ether oxygens (including phenoxy) is 1. The van der Waals surface area contributed by atoms with Crippen LogP contribution in [0.15, 0.2) is 20.9 Å². The summed E-state index contributed by atoms with van der Waals surface area (Å²) in [6, 6.07) is -0.774. The molecular weight excluding hydrogens is 697 g/mol. The number of nitrogens with one attached hydrogen (secondary N) is 1. The SMILES string of the molecule is CCCCCCCCCCCCS(=O)C(CCCCCCC)C(C)OOP(=O)(OCCC)OC[C@H]1O[C@@H](n2cc(C)c(=O)[nH]c2=O)C[C@@H]1N=[N+]=[N-]. The van der Waals surface area contributed by atoms with Gasteiger partial charge in [-0.05, 0) is 38.6 Å². The van der Waals surface area contributed by atoms with Gasteiger partial charge in [0.1, 0.15) is 12.3 Å². The van der Waals surface area contributed by atoms with Gasteiger partial charge in [-0.25, -0.2) is 14.2 Å². The highest BCUT2D eigenvalue weighted by Gasteiger charge is 2.40. The molecular formula is C35H64N5O9PS. The van der Waals surface area contributed by atoms with E-state index in [1.165, 1.54) is 55.7 Å². The number of phosphoric acid groups is 1. The minimum atomic E-state index is -4.31. The number of hydrogen-bond acceptors (Lipinski definition) is 10. The van der Waals surface area contributed by atoms with Crippen LogP contribution in [0.25, 0.3) is 10.4 Å². The van der Waals surface area contributed by atoms with Crippen molar-refractivity contribution >= 4 is 18.6 Å². The standard InChI is InChI=1S/C35H64N5O9PS/c1-6-9-11-13-14-15-16-17-19-21-24-51(44)32(22-20-18-12-10-7-2)29(5)48-49-50(43,45-23-8-3)46-27-31-30(38-39-36)25-33(47-31)40-26-28(4)34(41)37-35(40)42/h26,29-33H,6-25,27H2,1-5H3,(H,37,41,42)/t29?,30-,31+,32?,33+,50?,51?/m0/s1. The molecule has 0 bridgehead atoms. The van der Waals surface area contributed by atoms with E-state index in [1.54, 1.807) is 13.8 Å². The van der Waals surface area contributed by atoms with Crippen molar-refractivity contribution in [3.63, 3.8) is 0 Å². The van der Waals surface area contributed by atoms with Gasteiger partial charge in [0.2, 0.25) is 0 Å². The number of H-pyrrole nitrogens is 1. The largest absolute Gasteiger partial charge is 0.502 e. The maximum absolute atomic E-state index is 13.8. The van der Waals surface area contributed by atoms with Crippen LogP contribution in [0.2, 0.25) is 0 Å². The Morgan fingerprint density at radius 3 is 2.20 bits per heavy atom. The van der Waals surface area contributed by atoms with E-state index >= 15 is 0 Å². The normalized spacial score (nSPS) is 20.5. The van der Waals surface area contributed by atoms with Crippen LogP contribution in [-0.2, 0) is 38.7 Å². The van der Waals surface area contributed by atoms with Crippen molar-refractivity contribution in [1.82, 2.24) is 9.55 Å². The molecule has 0 aliphatic carbocycles. The third-order valence-electron chi connectivity index (χ3n) is 9.15. The third kappa shape index (κ3) is 17.2. The number of unbranched alkanes of at least 4 members (excludes halogenated alkanes) is 13. The predicted molar refractivity (Wildman–Crippen MR) is 201 cm³/mol. The molecule has 0 amide bonds. The van der Waals surface area contributed by atoms with Crippen LogP contribution in [0, 0.1) is 6.92 Å². The van der Waals surface area contributed by atoms with E-state index < -0.39 is 54.3 Å². The molecule has 14 nitrogen and oxygen atoms in total. The zero-order valence-electron chi connectivity index (χ0n) is 31.6. The maximum atomic E-state index is 13.8. The fourth-order valence-electron chi connectivity index (χ4n) is 6.07. The second kappa shape index (κ2) is 26.0. The van der Waals surface area contributed by atoms with Gasteiger partial charge in [0, 0.05) is 39.6 Å². The average molecular weight is 762 g/mol. The van der Waals surface area contributed by atoms with Crippen molar-refractivity contribution < 1.29 is 32.1 Å². The van der Waals surface area contributed by atoms with Gasteiger partial charge < -0.3 is 4.74 Å². The number of aryl methyl sites for hydroxylation is 1. The highest BCUT2D eigenvalue weighted by Crippen LogP contribution is 2.51. The van der Waals surface area contributed by atoms with E-state index in [1.807, 2.05) is 6.92 Å². The second-order valence-corrected chi connectivity index (χ2v) is 16.9. The lowest BCUT2D eigenvalue weighted by molar-refractivity contribution is -0.258. The summed E-state index contributed by atoms with van der Waals surface area (Å²) >= 11 is 0. The predicted octanol–water partition coefficient (Wildman–Crippen LogP) is 9.10. The summed E-state index contributed by atoms with van der Waals surface area (Å²) in [5.41, 5.74) is 8.28. The first-order valence-electron chi connectivity index (χ1n) is 19.2. The minimum Gasteiger partial charge on any atom is -0.352 e. The van der Waals surface area contributed by atoms with Crippen LogP contribution in [0.1, 0.15) is 155 Å². The second-order valence-electron chi connectivity index (χ2n) is 13.6. The van der Waals surface area contributed by atoms with Crippen LogP contribution >= 0.6 is 7.82 Å². The summed E-state index contributed by atoms with van der Waals surface area (Å²) in [6.45, 7) is 9.26. The average Bonchev–Trinajstić information content (AvgIpc) is 3.51. The first kappa shape index (κ1) is 45.3. The number of aromatic amines is 1. The highest BCUT2D eigenvalue weighted by molar-refractivity contribution is 7.85. The lowest BCUT2D eigenvalue weighted by atomic mass is 10.1. The van der Waals surface area contributed by atoms with Crippen LogP contribution in [0.5, 0.6) is 0 Å². The van der Waals surface area contributed by atoms with Gasteiger partial charge in [0.15, 0.2) is 0 Å². The van der Waals surface area contributed by atoms with E-state index in [0.717, 1.165) is 51.4 Å². The number of nitrogens with zero attached hydrogens (tertiary/aromatic N) is 4. The molecule has 16 heteroatoms. The Kier molecular flexibility index (Phi) is 23.1. The molecule has 1 saturated heterocycles. The molecule has 0 spiro atoms. The summed E-state index contributed by atoms with van der Waals surface area (Å²) in [7, 11) is -5.49. The van der Waals surface area contributed by atoms with Crippen molar-refractivity contribution in [1.29, 1.82) is 0 Å². The zero-order chi connectivity index (χ0) is 37.5. The van der Waals surface area contributed by atoms with Crippen molar-refractivity contribution in [2.24, 2.45) is 5.11 Å². The van der Waals surface area contributed by atoms with Gasteiger partial charge in [0.05, 0.1) is 30.6 Å². The summed E-state index contributed by atoms with van der Waals surface area (Å²) < 4.78 is 51.1. The third-order valence-corrected chi connectivity index (χ3v) is 12.4. The molecule has 0 saturated carbocycles. The first-order chi connectivity index (χ1) is 24.6. The molecule has 1 fully saturated rings. The summed E-state index contributed by atoms with van der Waals surface area (Å²) in [5.74, 6) is 0.573. The number of aromatic nitrogens is 2. The van der Waals surface area contributed by atoms with Crippen LogP contribution in [0.4, 0.5) is 0 Å². The van der Waals surface area contributed by atoms with E-state index in [4.69, 9.17) is 28.9 Å². The molecule has 2 rings (SSSR count). The number of azide groups is 1. The molecule has 7 atom stereocenters. The van der Waals surface area contributed by atoms with E-state index in [0.29, 0.717) is 24.2 Å². The Bertz CT molecular complexity index is 1360. The van der Waals surface area contributed by atoms with Gasteiger partial charge in [0.25, 0.3) is 5.56 Å². The van der Waals surface area contributed by atoms with Crippen LogP contribution in [0.3, 0.4) is 0 Å². The Hall–Kier alpha value is -1.83. The fourth-order valence-corrected chi connectivity index (χ4v) is 8.90. The Balaban J connectivity index is 2.01. The summed E-state index contributed by atoms with van der Waals surface area (Å²) in [4.78, 5) is 35.1. The molecule has 51 heavy (non-hydrogen) atoms. The molecule has 2 heterocycles. The zero-order valence-corrected chi connectivity index (χ0v) is 33.3. The number of phosphoric ester groups is 1. The summed E-state index contributed by atoms with van der Waals surface area (Å²) in [5, 5.41) is 3.47. The molecule has 0 radical (unpaired) electrons. The van der Waals surface area contributed by atoms with Crippen molar-refractivity contribution in [3.8, 4) is 0 Å². The van der Waals surface area contributed by atoms with Crippen LogP contribution < -0.4 is 11.2 Å². The lowest BCUT2D eigenvalue weighted by Gasteiger charge is -2.25. The van der Waals surface area contributed by atoms with Gasteiger partial charge in [-0.2, -0.15) is 0 Å². The molecule has 0 aromatic carbocycles. The van der Waals surface area contributed by atoms with Gasteiger partial charge >= 0.3 is 13.5 Å². The minimum absolute atomic E-state index is 0.0561. The molecule has 1 aliphatic rings. The Morgan fingerprint density at radius 2 is 1.59 bits per heavy atom. The molecule has 294 valence electrons. The monoisotopic (exact) mass is 761 g/mol. The van der Waals surface area contributed by atoms with Crippen molar-refractivity contribution in [2.45, 2.75) is 180 Å². The van der Waals surface area contributed by atoms with Crippen molar-refractivity contribution in [3.05, 3.63) is 43.0 Å². The highest BCUT2D eigenvalue weighted by atomic mass is 32.2. The van der Waals surface area contributed by atoms with Gasteiger partial charge in [-0.3, -0.25) is 27.6 Å². The fraction of sp³-hybridized carbons (Fsp3) is 0.886. The Morgan fingerprint density at radius 1 is 0.980 bits per heavy atom. The number of rotatable bonds is 30. The first-order valence-corrected chi connectivity index (χ1v) is 22.1. The number of hydrogen-bond donors (Lipinski definition) is 1. The Labute approximate surface area is 306 Å². The van der Waals surface area contributed by atoms with Gasteiger partial charge in [-0.15, -0.1) is 4.67 Å². The lowest BCUT2D eigenvalue weighted by Crippen LogP contribution is -2.33. The van der Waals surface area contributed by atoms with E-state index in [-0.39, 0.29) is 24.9 Å². The maximum Gasteiger partial charge on any atom is 0.502 e. The molecule has 4 unspecified atom stereocenters.